The highest BCUT2D eigenvalue weighted by Gasteiger charge is 2.30. The molecule has 0 atom stereocenters. The van der Waals surface area contributed by atoms with Gasteiger partial charge in [0, 0.05) is 35.9 Å². The highest BCUT2D eigenvalue weighted by atomic mass is 16.5. The number of hydrogen-bond donors (Lipinski definition) is 1. The summed E-state index contributed by atoms with van der Waals surface area (Å²) in [6.07, 6.45) is 0. The molecule has 0 radical (unpaired) electrons. The van der Waals surface area contributed by atoms with E-state index in [9.17, 15) is 0 Å². The number of rotatable bonds is 3. The van der Waals surface area contributed by atoms with Gasteiger partial charge in [0.2, 0.25) is 0 Å². The largest absolute Gasteiger partial charge is 0.496 e. The molecule has 1 aromatic rings. The summed E-state index contributed by atoms with van der Waals surface area (Å²) < 4.78 is 10.9. The van der Waals surface area contributed by atoms with Crippen LogP contribution in [-0.2, 0) is 11.3 Å². The van der Waals surface area contributed by atoms with E-state index in [1.54, 1.807) is 7.11 Å². The molecule has 1 aliphatic rings. The topological polar surface area (TPSA) is 47.7 Å². The second kappa shape index (κ2) is 5.16. The molecule has 4 heteroatoms. The van der Waals surface area contributed by atoms with Gasteiger partial charge in [-0.05, 0) is 19.9 Å². The lowest BCUT2D eigenvalue weighted by Crippen LogP contribution is -2.52. The van der Waals surface area contributed by atoms with Gasteiger partial charge in [0.05, 0.1) is 20.3 Å². The first-order chi connectivity index (χ1) is 8.53. The molecular formula is C14H22N2O2. The molecule has 100 valence electrons. The summed E-state index contributed by atoms with van der Waals surface area (Å²) in [5, 5.41) is 0. The molecule has 18 heavy (non-hydrogen) atoms. The monoisotopic (exact) mass is 250 g/mol. The Morgan fingerprint density at radius 1 is 1.44 bits per heavy atom. The van der Waals surface area contributed by atoms with E-state index in [2.05, 4.69) is 18.7 Å². The number of ether oxygens (including phenoxy) is 2. The minimum atomic E-state index is 0.0602. The number of nitrogens with zero attached hydrogens (tertiary/aromatic N) is 1. The van der Waals surface area contributed by atoms with Crippen molar-refractivity contribution in [1.29, 1.82) is 0 Å². The molecule has 0 aromatic heterocycles. The lowest BCUT2D eigenvalue weighted by molar-refractivity contribution is -0.0554. The average Bonchev–Trinajstić information content (AvgIpc) is 2.33. The Bertz CT molecular complexity index is 418. The normalized spacial score (nSPS) is 19.7. The molecule has 1 aliphatic heterocycles. The summed E-state index contributed by atoms with van der Waals surface area (Å²) >= 11 is 0. The number of nitrogen functional groups attached to an aromatic ring is 1. The van der Waals surface area contributed by atoms with Crippen LogP contribution in [0, 0.1) is 0 Å². The number of hydrogen-bond acceptors (Lipinski definition) is 4. The molecule has 2 rings (SSSR count). The molecule has 1 saturated heterocycles. The van der Waals surface area contributed by atoms with Crippen LogP contribution < -0.4 is 10.5 Å². The quantitative estimate of drug-likeness (QED) is 0.832. The van der Waals surface area contributed by atoms with Crippen LogP contribution in [0.15, 0.2) is 18.2 Å². The third kappa shape index (κ3) is 2.76. The predicted octanol–water partition coefficient (Wildman–Crippen LogP) is 1.89. The van der Waals surface area contributed by atoms with Crippen molar-refractivity contribution in [2.45, 2.75) is 25.9 Å². The Morgan fingerprint density at radius 3 is 2.89 bits per heavy atom. The molecule has 0 amide bonds. The lowest BCUT2D eigenvalue weighted by Gasteiger charge is -2.42. The molecule has 0 unspecified atom stereocenters. The summed E-state index contributed by atoms with van der Waals surface area (Å²) in [7, 11) is 1.68. The van der Waals surface area contributed by atoms with Crippen molar-refractivity contribution >= 4 is 5.69 Å². The Labute approximate surface area is 109 Å². The number of benzene rings is 1. The van der Waals surface area contributed by atoms with Crippen LogP contribution in [0.3, 0.4) is 0 Å². The Hall–Kier alpha value is -1.26. The van der Waals surface area contributed by atoms with E-state index in [1.807, 2.05) is 18.2 Å². The van der Waals surface area contributed by atoms with Crippen LogP contribution in [-0.4, -0.2) is 37.3 Å². The number of morpholine rings is 1. The van der Waals surface area contributed by atoms with Crippen LogP contribution in [0.25, 0.3) is 0 Å². The second-order valence-electron chi connectivity index (χ2n) is 5.36. The fourth-order valence-corrected chi connectivity index (χ4v) is 2.28. The van der Waals surface area contributed by atoms with Crippen LogP contribution in [0.2, 0.25) is 0 Å². The maximum absolute atomic E-state index is 5.78. The lowest BCUT2D eigenvalue weighted by atomic mass is 10.0. The van der Waals surface area contributed by atoms with Crippen molar-refractivity contribution in [3.05, 3.63) is 23.8 Å². The zero-order chi connectivity index (χ0) is 13.2. The summed E-state index contributed by atoms with van der Waals surface area (Å²) in [5.41, 5.74) is 7.74. The molecule has 0 saturated carbocycles. The summed E-state index contributed by atoms with van der Waals surface area (Å²) in [6, 6.07) is 5.84. The first-order valence-corrected chi connectivity index (χ1v) is 6.28. The standard InChI is InChI=1S/C14H22N2O2/c1-14(2)10-18-7-6-16(14)9-11-4-5-12(15)8-13(11)17-3/h4-5,8H,6-7,9-10,15H2,1-3H3. The van der Waals surface area contributed by atoms with E-state index in [0.717, 1.165) is 37.7 Å². The van der Waals surface area contributed by atoms with E-state index in [4.69, 9.17) is 15.2 Å². The average molecular weight is 250 g/mol. The van der Waals surface area contributed by atoms with E-state index in [0.29, 0.717) is 0 Å². The van der Waals surface area contributed by atoms with Gasteiger partial charge in [0.15, 0.2) is 0 Å². The van der Waals surface area contributed by atoms with Crippen LogP contribution in [0.1, 0.15) is 19.4 Å². The van der Waals surface area contributed by atoms with Crippen molar-refractivity contribution in [2.24, 2.45) is 0 Å². The van der Waals surface area contributed by atoms with Crippen LogP contribution in [0.4, 0.5) is 5.69 Å². The van der Waals surface area contributed by atoms with Gasteiger partial charge in [-0.1, -0.05) is 6.07 Å². The van der Waals surface area contributed by atoms with Gasteiger partial charge in [0.25, 0.3) is 0 Å². The smallest absolute Gasteiger partial charge is 0.125 e. The van der Waals surface area contributed by atoms with Gasteiger partial charge < -0.3 is 15.2 Å². The van der Waals surface area contributed by atoms with Crippen LogP contribution in [0.5, 0.6) is 5.75 Å². The van der Waals surface area contributed by atoms with Gasteiger partial charge in [-0.3, -0.25) is 4.90 Å². The maximum atomic E-state index is 5.78. The molecular weight excluding hydrogens is 228 g/mol. The molecule has 0 bridgehead atoms. The Morgan fingerprint density at radius 2 is 2.22 bits per heavy atom. The summed E-state index contributed by atoms with van der Waals surface area (Å²) in [4.78, 5) is 2.42. The van der Waals surface area contributed by atoms with Gasteiger partial charge in [-0.2, -0.15) is 0 Å². The highest BCUT2D eigenvalue weighted by Crippen LogP contribution is 2.27. The predicted molar refractivity (Wildman–Crippen MR) is 72.7 cm³/mol. The van der Waals surface area contributed by atoms with Crippen molar-refractivity contribution in [3.8, 4) is 5.75 Å². The van der Waals surface area contributed by atoms with Crippen LogP contribution >= 0.6 is 0 Å². The molecule has 0 aliphatic carbocycles. The fourth-order valence-electron chi connectivity index (χ4n) is 2.28. The van der Waals surface area contributed by atoms with Crippen molar-refractivity contribution in [3.63, 3.8) is 0 Å². The van der Waals surface area contributed by atoms with Gasteiger partial charge in [-0.25, -0.2) is 0 Å². The van der Waals surface area contributed by atoms with Gasteiger partial charge >= 0.3 is 0 Å². The highest BCUT2D eigenvalue weighted by molar-refractivity contribution is 5.48. The molecule has 1 aromatic carbocycles. The molecule has 2 N–H and O–H groups in total. The number of nitrogens with two attached hydrogens (primary N) is 1. The van der Waals surface area contributed by atoms with Gasteiger partial charge in [0.1, 0.15) is 5.75 Å². The maximum Gasteiger partial charge on any atom is 0.125 e. The summed E-state index contributed by atoms with van der Waals surface area (Å²) in [6.45, 7) is 7.78. The third-order valence-corrected chi connectivity index (χ3v) is 3.49. The van der Waals surface area contributed by atoms with Crippen molar-refractivity contribution < 1.29 is 9.47 Å². The van der Waals surface area contributed by atoms with E-state index < -0.39 is 0 Å². The Balaban J connectivity index is 2.17. The number of methoxy groups -OCH3 is 1. The van der Waals surface area contributed by atoms with Crippen molar-refractivity contribution in [2.75, 3.05) is 32.6 Å². The van der Waals surface area contributed by atoms with Gasteiger partial charge in [-0.15, -0.1) is 0 Å². The zero-order valence-corrected chi connectivity index (χ0v) is 11.4. The van der Waals surface area contributed by atoms with Crippen molar-refractivity contribution in [1.82, 2.24) is 4.90 Å². The third-order valence-electron chi connectivity index (χ3n) is 3.49. The first kappa shape index (κ1) is 13.2. The zero-order valence-electron chi connectivity index (χ0n) is 11.4. The SMILES string of the molecule is COc1cc(N)ccc1CN1CCOCC1(C)C. The van der Waals surface area contributed by atoms with E-state index in [-0.39, 0.29) is 5.54 Å². The molecule has 1 heterocycles. The second-order valence-corrected chi connectivity index (χ2v) is 5.36. The molecule has 4 nitrogen and oxygen atoms in total. The first-order valence-electron chi connectivity index (χ1n) is 6.28. The fraction of sp³-hybridized carbons (Fsp3) is 0.571. The molecule has 1 fully saturated rings. The summed E-state index contributed by atoms with van der Waals surface area (Å²) in [5.74, 6) is 0.859. The van der Waals surface area contributed by atoms with E-state index >= 15 is 0 Å². The number of anilines is 1. The Kier molecular flexibility index (Phi) is 3.78. The molecule has 0 spiro atoms. The minimum Gasteiger partial charge on any atom is -0.496 e. The minimum absolute atomic E-state index is 0.0602. The van der Waals surface area contributed by atoms with E-state index in [1.165, 1.54) is 5.56 Å².